The zero-order chi connectivity index (χ0) is 17.0. The molecule has 4 aliphatic heterocycles. The van der Waals surface area contributed by atoms with Gasteiger partial charge in [0, 0.05) is 38.0 Å². The van der Waals surface area contributed by atoms with Gasteiger partial charge in [0.25, 0.3) is 0 Å². The van der Waals surface area contributed by atoms with E-state index < -0.39 is 0 Å². The van der Waals surface area contributed by atoms with Gasteiger partial charge in [0.2, 0.25) is 11.8 Å². The molecule has 3 fully saturated rings. The SMILES string of the molecule is O=C([C@H]1[C@@H]2CNC[C@@H](C2)[C@@H]2CCCC(=O)N21)N1Cc2ccccc2C1. The Bertz CT molecular complexity index is 694. The predicted molar refractivity (Wildman–Crippen MR) is 93.4 cm³/mol. The van der Waals surface area contributed by atoms with Crippen LogP contribution in [0.3, 0.4) is 0 Å². The molecular weight excluding hydrogens is 314 g/mol. The molecule has 0 spiro atoms. The molecule has 5 nitrogen and oxygen atoms in total. The first kappa shape index (κ1) is 15.4. The Labute approximate surface area is 148 Å². The summed E-state index contributed by atoms with van der Waals surface area (Å²) in [6, 6.07) is 8.27. The molecule has 0 radical (unpaired) electrons. The zero-order valence-electron chi connectivity index (χ0n) is 14.5. The van der Waals surface area contributed by atoms with Crippen molar-refractivity contribution in [1.29, 1.82) is 0 Å². The summed E-state index contributed by atoms with van der Waals surface area (Å²) in [4.78, 5) is 30.2. The minimum absolute atomic E-state index is 0.156. The number of amides is 2. The maximum Gasteiger partial charge on any atom is 0.246 e. The lowest BCUT2D eigenvalue weighted by atomic mass is 9.72. The number of nitrogens with one attached hydrogen (secondary N) is 1. The number of benzene rings is 1. The molecule has 4 aliphatic rings. The van der Waals surface area contributed by atoms with Gasteiger partial charge in [0.15, 0.2) is 0 Å². The van der Waals surface area contributed by atoms with Crippen molar-refractivity contribution in [1.82, 2.24) is 15.1 Å². The lowest BCUT2D eigenvalue weighted by Gasteiger charge is -2.54. The molecule has 0 unspecified atom stereocenters. The van der Waals surface area contributed by atoms with Crippen molar-refractivity contribution in [2.75, 3.05) is 13.1 Å². The fourth-order valence-electron chi connectivity index (χ4n) is 5.51. The highest BCUT2D eigenvalue weighted by molar-refractivity contribution is 5.89. The molecule has 4 heterocycles. The van der Waals surface area contributed by atoms with Crippen molar-refractivity contribution in [2.24, 2.45) is 11.8 Å². The number of rotatable bonds is 1. The molecule has 2 amide bonds. The van der Waals surface area contributed by atoms with Crippen LogP contribution in [-0.2, 0) is 22.7 Å². The third-order valence-corrected chi connectivity index (χ3v) is 6.65. The molecule has 4 atom stereocenters. The molecule has 1 aromatic rings. The monoisotopic (exact) mass is 339 g/mol. The average molecular weight is 339 g/mol. The largest absolute Gasteiger partial charge is 0.332 e. The summed E-state index contributed by atoms with van der Waals surface area (Å²) in [5, 5.41) is 3.52. The van der Waals surface area contributed by atoms with Gasteiger partial charge in [-0.05, 0) is 42.9 Å². The molecule has 25 heavy (non-hydrogen) atoms. The Kier molecular flexibility index (Phi) is 3.59. The second kappa shape index (κ2) is 5.84. The van der Waals surface area contributed by atoms with Crippen LogP contribution in [0.4, 0.5) is 0 Å². The maximum atomic E-state index is 13.5. The highest BCUT2D eigenvalue weighted by atomic mass is 16.2. The van der Waals surface area contributed by atoms with Gasteiger partial charge in [0.05, 0.1) is 0 Å². The van der Waals surface area contributed by atoms with E-state index in [2.05, 4.69) is 17.4 Å². The first-order valence-electron chi connectivity index (χ1n) is 9.60. The Hall–Kier alpha value is -1.88. The lowest BCUT2D eigenvalue weighted by Crippen LogP contribution is -2.67. The molecule has 5 heteroatoms. The minimum Gasteiger partial charge on any atom is -0.332 e. The third kappa shape index (κ3) is 2.40. The highest BCUT2D eigenvalue weighted by Gasteiger charge is 2.51. The summed E-state index contributed by atoms with van der Waals surface area (Å²) in [6.07, 6.45) is 3.71. The second-order valence-electron chi connectivity index (χ2n) is 8.08. The number of carbonyl (C=O) groups excluding carboxylic acids is 2. The van der Waals surface area contributed by atoms with Gasteiger partial charge < -0.3 is 15.1 Å². The second-order valence-corrected chi connectivity index (χ2v) is 8.08. The van der Waals surface area contributed by atoms with E-state index >= 15 is 0 Å². The van der Waals surface area contributed by atoms with E-state index in [1.165, 1.54) is 11.1 Å². The van der Waals surface area contributed by atoms with Crippen molar-refractivity contribution in [3.63, 3.8) is 0 Å². The summed E-state index contributed by atoms with van der Waals surface area (Å²) in [5.74, 6) is 1.13. The number of fused-ring (bicyclic) bond motifs is 5. The average Bonchev–Trinajstić information content (AvgIpc) is 3.07. The molecular formula is C20H25N3O2. The van der Waals surface area contributed by atoms with Gasteiger partial charge in [-0.2, -0.15) is 0 Å². The topological polar surface area (TPSA) is 52.7 Å². The smallest absolute Gasteiger partial charge is 0.246 e. The van der Waals surface area contributed by atoms with Crippen LogP contribution in [0.1, 0.15) is 36.8 Å². The fraction of sp³-hybridized carbons (Fsp3) is 0.600. The van der Waals surface area contributed by atoms with Gasteiger partial charge in [-0.3, -0.25) is 9.59 Å². The summed E-state index contributed by atoms with van der Waals surface area (Å²) < 4.78 is 0. The first-order chi connectivity index (χ1) is 12.2. The summed E-state index contributed by atoms with van der Waals surface area (Å²) in [7, 11) is 0. The standard InChI is InChI=1S/C20H25N3O2/c24-18-7-3-6-17-15-8-16(10-21-9-15)19(23(17)18)20(25)22-11-13-4-1-2-5-14(13)12-22/h1-2,4-5,15-17,19,21H,3,6-12H2/t15-,16+,17+,19-/m1/s1. The fourth-order valence-corrected chi connectivity index (χ4v) is 5.51. The van der Waals surface area contributed by atoms with Gasteiger partial charge in [-0.1, -0.05) is 24.3 Å². The number of hydrogen-bond donors (Lipinski definition) is 1. The Morgan fingerprint density at radius 1 is 1.08 bits per heavy atom. The Morgan fingerprint density at radius 2 is 1.80 bits per heavy atom. The Morgan fingerprint density at radius 3 is 2.56 bits per heavy atom. The van der Waals surface area contributed by atoms with E-state index in [9.17, 15) is 9.59 Å². The molecule has 132 valence electrons. The normalized spacial score (nSPS) is 33.8. The van der Waals surface area contributed by atoms with Crippen molar-refractivity contribution in [2.45, 2.75) is 50.9 Å². The minimum atomic E-state index is -0.267. The van der Waals surface area contributed by atoms with Crippen LogP contribution in [0.15, 0.2) is 24.3 Å². The number of hydrogen-bond acceptors (Lipinski definition) is 3. The van der Waals surface area contributed by atoms with Crippen LogP contribution < -0.4 is 5.32 Å². The molecule has 3 saturated heterocycles. The predicted octanol–water partition coefficient (Wildman–Crippen LogP) is 1.52. The molecule has 5 rings (SSSR count). The van der Waals surface area contributed by atoms with Crippen LogP contribution in [-0.4, -0.2) is 46.8 Å². The summed E-state index contributed by atoms with van der Waals surface area (Å²) in [5.41, 5.74) is 2.49. The van der Waals surface area contributed by atoms with E-state index in [0.717, 1.165) is 32.4 Å². The van der Waals surface area contributed by atoms with Gasteiger partial charge >= 0.3 is 0 Å². The molecule has 0 aliphatic carbocycles. The molecule has 0 saturated carbocycles. The maximum absolute atomic E-state index is 13.5. The quantitative estimate of drug-likeness (QED) is 0.844. The molecule has 2 bridgehead atoms. The first-order valence-corrected chi connectivity index (χ1v) is 9.60. The van der Waals surface area contributed by atoms with Crippen LogP contribution in [0.25, 0.3) is 0 Å². The van der Waals surface area contributed by atoms with Crippen LogP contribution >= 0.6 is 0 Å². The molecule has 1 aromatic carbocycles. The van der Waals surface area contributed by atoms with Crippen molar-refractivity contribution >= 4 is 11.8 Å². The van der Waals surface area contributed by atoms with E-state index in [0.29, 0.717) is 25.4 Å². The van der Waals surface area contributed by atoms with Gasteiger partial charge in [0.1, 0.15) is 6.04 Å². The summed E-state index contributed by atoms with van der Waals surface area (Å²) in [6.45, 7) is 3.20. The van der Waals surface area contributed by atoms with E-state index in [1.807, 2.05) is 21.9 Å². The third-order valence-electron chi connectivity index (χ3n) is 6.65. The van der Waals surface area contributed by atoms with Crippen molar-refractivity contribution < 1.29 is 9.59 Å². The molecule has 1 N–H and O–H groups in total. The van der Waals surface area contributed by atoms with E-state index in [1.54, 1.807) is 0 Å². The van der Waals surface area contributed by atoms with Crippen molar-refractivity contribution in [3.8, 4) is 0 Å². The van der Waals surface area contributed by atoms with Crippen LogP contribution in [0.2, 0.25) is 0 Å². The van der Waals surface area contributed by atoms with Gasteiger partial charge in [-0.25, -0.2) is 0 Å². The zero-order valence-corrected chi connectivity index (χ0v) is 14.5. The number of nitrogens with zero attached hydrogens (tertiary/aromatic N) is 2. The number of carbonyl (C=O) groups is 2. The lowest BCUT2D eigenvalue weighted by molar-refractivity contribution is -0.162. The molecule has 0 aromatic heterocycles. The van der Waals surface area contributed by atoms with Crippen LogP contribution in [0.5, 0.6) is 0 Å². The van der Waals surface area contributed by atoms with Crippen molar-refractivity contribution in [3.05, 3.63) is 35.4 Å². The number of piperidine rings is 3. The van der Waals surface area contributed by atoms with E-state index in [-0.39, 0.29) is 29.8 Å². The van der Waals surface area contributed by atoms with Gasteiger partial charge in [-0.15, -0.1) is 0 Å². The highest BCUT2D eigenvalue weighted by Crippen LogP contribution is 2.40. The van der Waals surface area contributed by atoms with Crippen LogP contribution in [0, 0.1) is 11.8 Å². The Balaban J connectivity index is 1.45. The summed E-state index contributed by atoms with van der Waals surface area (Å²) >= 11 is 0. The van der Waals surface area contributed by atoms with E-state index in [4.69, 9.17) is 0 Å².